The van der Waals surface area contributed by atoms with Crippen molar-refractivity contribution in [1.82, 2.24) is 14.9 Å². The number of halogens is 4. The molecule has 0 aliphatic carbocycles. The minimum atomic E-state index is -5.25. The lowest BCUT2D eigenvalue weighted by atomic mass is 10.1. The first kappa shape index (κ1) is 27.8. The van der Waals surface area contributed by atoms with Gasteiger partial charge in [-0.2, -0.15) is 17.5 Å². The number of hydrogen-bond acceptors (Lipinski definition) is 4. The van der Waals surface area contributed by atoms with Crippen molar-refractivity contribution in [3.05, 3.63) is 30.3 Å². The lowest BCUT2D eigenvalue weighted by molar-refractivity contribution is -0.0494. The molecule has 2 N–H and O–H groups in total. The summed E-state index contributed by atoms with van der Waals surface area (Å²) in [5.74, 6) is 0.573. The Hall–Kier alpha value is -1.28. The highest BCUT2D eigenvalue weighted by atomic mass is 127. The average Bonchev–Trinajstić information content (AvgIpc) is 2.72. The number of guanidine groups is 1. The molecule has 0 atom stereocenters. The van der Waals surface area contributed by atoms with Crippen LogP contribution in [0, 0.1) is 0 Å². The van der Waals surface area contributed by atoms with E-state index in [2.05, 4.69) is 39.7 Å². The smallest absolute Gasteiger partial charge is 0.375 e. The third kappa shape index (κ3) is 8.29. The van der Waals surface area contributed by atoms with Crippen LogP contribution in [-0.2, 0) is 10.0 Å². The molecule has 0 amide bonds. The fourth-order valence-electron chi connectivity index (χ4n) is 3.27. The molecule has 2 rings (SSSR count). The summed E-state index contributed by atoms with van der Waals surface area (Å²) < 4.78 is 61.4. The number of alkyl halides is 3. The van der Waals surface area contributed by atoms with Crippen molar-refractivity contribution >= 4 is 45.6 Å². The molecule has 1 fully saturated rings. The minimum Gasteiger partial charge on any atom is -0.375 e. The van der Waals surface area contributed by atoms with Gasteiger partial charge in [-0.25, -0.2) is 8.42 Å². The Morgan fingerprint density at radius 2 is 1.81 bits per heavy atom. The first-order valence-electron chi connectivity index (χ1n) is 9.95. The standard InChI is InChI=1S/C19H30F3N5O2S.HI/c1-23-18(24-12-6-7-13-26(2)17-8-4-3-5-9-17)25-16-10-14-27(15-11-16)30(28,29)19(20,21)22;/h3-5,8-9,16H,6-7,10-15H2,1-2H3,(H2,23,24,25);1H. The van der Waals surface area contributed by atoms with E-state index in [4.69, 9.17) is 0 Å². The summed E-state index contributed by atoms with van der Waals surface area (Å²) >= 11 is 0. The lowest BCUT2D eigenvalue weighted by Crippen LogP contribution is -2.51. The van der Waals surface area contributed by atoms with Crippen molar-refractivity contribution in [2.24, 2.45) is 4.99 Å². The van der Waals surface area contributed by atoms with E-state index in [9.17, 15) is 21.6 Å². The molecule has 1 aromatic carbocycles. The van der Waals surface area contributed by atoms with E-state index in [1.54, 1.807) is 7.05 Å². The van der Waals surface area contributed by atoms with E-state index < -0.39 is 15.5 Å². The summed E-state index contributed by atoms with van der Waals surface area (Å²) in [6, 6.07) is 10.0. The third-order valence-corrected chi connectivity index (χ3v) is 6.69. The van der Waals surface area contributed by atoms with Crippen LogP contribution >= 0.6 is 24.0 Å². The second kappa shape index (κ2) is 12.7. The zero-order valence-corrected chi connectivity index (χ0v) is 20.9. The van der Waals surface area contributed by atoms with Crippen molar-refractivity contribution in [3.8, 4) is 0 Å². The molecule has 0 spiro atoms. The van der Waals surface area contributed by atoms with Gasteiger partial charge in [-0.3, -0.25) is 4.99 Å². The summed E-state index contributed by atoms with van der Waals surface area (Å²) in [7, 11) is -1.57. The zero-order valence-electron chi connectivity index (χ0n) is 17.7. The van der Waals surface area contributed by atoms with Crippen LogP contribution in [0.4, 0.5) is 18.9 Å². The minimum absolute atomic E-state index is 0. The van der Waals surface area contributed by atoms with Gasteiger partial charge in [0.05, 0.1) is 0 Å². The number of rotatable bonds is 8. The maximum Gasteiger partial charge on any atom is 0.511 e. The van der Waals surface area contributed by atoms with Gasteiger partial charge in [0.1, 0.15) is 0 Å². The molecule has 178 valence electrons. The van der Waals surface area contributed by atoms with Crippen molar-refractivity contribution in [3.63, 3.8) is 0 Å². The largest absolute Gasteiger partial charge is 0.511 e. The van der Waals surface area contributed by atoms with Crippen LogP contribution in [0.1, 0.15) is 25.7 Å². The highest BCUT2D eigenvalue weighted by molar-refractivity contribution is 14.0. The Labute approximate surface area is 199 Å². The molecule has 1 heterocycles. The van der Waals surface area contributed by atoms with E-state index in [0.29, 0.717) is 16.8 Å². The van der Waals surface area contributed by atoms with Gasteiger partial charge in [0.2, 0.25) is 0 Å². The molecule has 7 nitrogen and oxygen atoms in total. The van der Waals surface area contributed by atoms with E-state index in [1.165, 1.54) is 5.69 Å². The topological polar surface area (TPSA) is 77.0 Å². The summed E-state index contributed by atoms with van der Waals surface area (Å²) in [5, 5.41) is 6.37. The van der Waals surface area contributed by atoms with E-state index in [-0.39, 0.29) is 55.9 Å². The number of anilines is 1. The average molecular weight is 577 g/mol. The highest BCUT2D eigenvalue weighted by Crippen LogP contribution is 2.28. The molecule has 0 bridgehead atoms. The van der Waals surface area contributed by atoms with Crippen molar-refractivity contribution < 1.29 is 21.6 Å². The molecule has 1 aromatic rings. The third-order valence-electron chi connectivity index (χ3n) is 5.06. The number of nitrogens with one attached hydrogen (secondary N) is 2. The Morgan fingerprint density at radius 1 is 1.19 bits per heavy atom. The Kier molecular flexibility index (Phi) is 11.4. The van der Waals surface area contributed by atoms with Crippen LogP contribution < -0.4 is 15.5 Å². The fraction of sp³-hybridized carbons (Fsp3) is 0.632. The number of sulfonamides is 1. The van der Waals surface area contributed by atoms with Crippen molar-refractivity contribution in [2.75, 3.05) is 45.2 Å². The predicted octanol–water partition coefficient (Wildman–Crippen LogP) is 3.00. The van der Waals surface area contributed by atoms with Gasteiger partial charge in [0.25, 0.3) is 0 Å². The van der Waals surface area contributed by atoms with E-state index in [0.717, 1.165) is 19.4 Å². The zero-order chi connectivity index (χ0) is 22.2. The normalized spacial score (nSPS) is 16.5. The quantitative estimate of drug-likeness (QED) is 0.215. The molecule has 12 heteroatoms. The summed E-state index contributed by atoms with van der Waals surface area (Å²) in [6.45, 7) is 1.30. The maximum absolute atomic E-state index is 12.7. The van der Waals surface area contributed by atoms with Gasteiger partial charge in [0.15, 0.2) is 5.96 Å². The van der Waals surface area contributed by atoms with Crippen LogP contribution in [0.2, 0.25) is 0 Å². The predicted molar refractivity (Wildman–Crippen MR) is 128 cm³/mol. The molecule has 31 heavy (non-hydrogen) atoms. The lowest BCUT2D eigenvalue weighted by Gasteiger charge is -2.32. The van der Waals surface area contributed by atoms with Gasteiger partial charge >= 0.3 is 15.5 Å². The Balaban J connectivity index is 0.00000480. The van der Waals surface area contributed by atoms with Crippen molar-refractivity contribution in [1.29, 1.82) is 0 Å². The number of piperidine rings is 1. The summed E-state index contributed by atoms with van der Waals surface area (Å²) in [6.07, 6.45) is 2.50. The second-order valence-corrected chi connectivity index (χ2v) is 9.16. The van der Waals surface area contributed by atoms with Crippen LogP contribution in [0.15, 0.2) is 35.3 Å². The maximum atomic E-state index is 12.7. The summed E-state index contributed by atoms with van der Waals surface area (Å²) in [4.78, 5) is 6.33. The van der Waals surface area contributed by atoms with Crippen LogP contribution in [0.3, 0.4) is 0 Å². The van der Waals surface area contributed by atoms with Crippen LogP contribution in [0.25, 0.3) is 0 Å². The molecule has 1 aliphatic rings. The molecular weight excluding hydrogens is 546 g/mol. The van der Waals surface area contributed by atoms with Gasteiger partial charge in [0, 0.05) is 52.0 Å². The number of aliphatic imine (C=N–C) groups is 1. The molecule has 0 aromatic heterocycles. The molecule has 0 radical (unpaired) electrons. The summed E-state index contributed by atoms with van der Waals surface area (Å²) in [5.41, 5.74) is -4.08. The van der Waals surface area contributed by atoms with E-state index in [1.807, 2.05) is 18.2 Å². The number of unbranched alkanes of at least 4 members (excludes halogenated alkanes) is 1. The van der Waals surface area contributed by atoms with Gasteiger partial charge in [-0.05, 0) is 37.8 Å². The number of hydrogen-bond donors (Lipinski definition) is 2. The van der Waals surface area contributed by atoms with Crippen LogP contribution in [-0.4, -0.2) is 70.5 Å². The molecule has 0 unspecified atom stereocenters. The molecule has 0 saturated carbocycles. The number of benzene rings is 1. The Morgan fingerprint density at radius 3 is 2.35 bits per heavy atom. The molecular formula is C19H31F3IN5O2S. The van der Waals surface area contributed by atoms with Gasteiger partial charge < -0.3 is 15.5 Å². The fourth-order valence-corrected chi connectivity index (χ4v) is 4.25. The van der Waals surface area contributed by atoms with Crippen LogP contribution in [0.5, 0.6) is 0 Å². The Bertz CT molecular complexity index is 785. The van der Waals surface area contributed by atoms with E-state index >= 15 is 0 Å². The number of para-hydroxylation sites is 1. The molecule has 1 saturated heterocycles. The van der Waals surface area contributed by atoms with Crippen molar-refractivity contribution in [2.45, 2.75) is 37.2 Å². The van der Waals surface area contributed by atoms with Gasteiger partial charge in [-0.1, -0.05) is 18.2 Å². The highest BCUT2D eigenvalue weighted by Gasteiger charge is 2.50. The second-order valence-electron chi connectivity index (χ2n) is 7.23. The molecule has 1 aliphatic heterocycles. The monoisotopic (exact) mass is 577 g/mol. The number of nitrogens with zero attached hydrogens (tertiary/aromatic N) is 3. The first-order chi connectivity index (χ1) is 14.1. The first-order valence-corrected chi connectivity index (χ1v) is 11.4. The van der Waals surface area contributed by atoms with Gasteiger partial charge in [-0.15, -0.1) is 24.0 Å². The SMILES string of the molecule is CN=C(NCCCCN(C)c1ccccc1)NC1CCN(S(=O)(=O)C(F)(F)F)CC1.I.